The smallest absolute Gasteiger partial charge is 0.177 e. The van der Waals surface area contributed by atoms with Crippen molar-refractivity contribution in [2.24, 2.45) is 4.99 Å². The lowest BCUT2D eigenvalue weighted by Crippen LogP contribution is -2.15. The summed E-state index contributed by atoms with van der Waals surface area (Å²) < 4.78 is 12.4. The van der Waals surface area contributed by atoms with E-state index in [9.17, 15) is 4.53 Å². The highest BCUT2D eigenvalue weighted by molar-refractivity contribution is 6.18. The lowest BCUT2D eigenvalue weighted by molar-refractivity contribution is -0.00722. The van der Waals surface area contributed by atoms with E-state index in [0.29, 0.717) is 12.3 Å². The zero-order valence-electron chi connectivity index (χ0n) is 9.26. The maximum Gasteiger partial charge on any atom is 0.177 e. The first kappa shape index (κ1) is 11.4. The Hall–Kier alpha value is -1.09. The van der Waals surface area contributed by atoms with Gasteiger partial charge in [0.1, 0.15) is 0 Å². The van der Waals surface area contributed by atoms with Crippen LogP contribution in [0.25, 0.3) is 0 Å². The highest BCUT2D eigenvalue weighted by Crippen LogP contribution is 2.40. The summed E-state index contributed by atoms with van der Waals surface area (Å²) in [6.07, 6.45) is 2.45. The zero-order chi connectivity index (χ0) is 11.8. The van der Waals surface area contributed by atoms with E-state index in [1.807, 2.05) is 12.3 Å². The van der Waals surface area contributed by atoms with E-state index < -0.39 is 0 Å². The van der Waals surface area contributed by atoms with Crippen molar-refractivity contribution in [2.75, 3.05) is 5.88 Å². The summed E-state index contributed by atoms with van der Waals surface area (Å²) in [6.45, 7) is 4.14. The van der Waals surface area contributed by atoms with Crippen LogP contribution in [0.3, 0.4) is 0 Å². The molecule has 1 aliphatic heterocycles. The van der Waals surface area contributed by atoms with E-state index in [1.54, 1.807) is 6.07 Å². The number of fused-ring (bicyclic) bond motifs is 1. The fraction of sp³-hybridized carbons (Fsp3) is 0.417. The second-order valence-corrected chi connectivity index (χ2v) is 4.85. The lowest BCUT2D eigenvalue weighted by atomic mass is 9.86. The van der Waals surface area contributed by atoms with E-state index in [-0.39, 0.29) is 11.2 Å². The topological polar surface area (TPSA) is 21.6 Å². The van der Waals surface area contributed by atoms with Crippen LogP contribution in [-0.2, 0) is 11.8 Å². The Kier molecular flexibility index (Phi) is 2.89. The molecule has 4 heteroatoms. The van der Waals surface area contributed by atoms with Gasteiger partial charge in [-0.3, -0.25) is 9.93 Å². The first-order valence-corrected chi connectivity index (χ1v) is 5.69. The Morgan fingerprint density at radius 2 is 2.19 bits per heavy atom. The number of rotatable bonds is 3. The number of aryl methyl sites for hydroxylation is 1. The summed E-state index contributed by atoms with van der Waals surface area (Å²) in [5, 5.41) is 0. The SMILES string of the molecule is CC1(C)C=Nc2cc(OF)c(CCCl)cc21. The summed E-state index contributed by atoms with van der Waals surface area (Å²) in [4.78, 5) is 8.12. The molecule has 16 heavy (non-hydrogen) atoms. The van der Waals surface area contributed by atoms with E-state index in [1.165, 1.54) is 0 Å². The van der Waals surface area contributed by atoms with Gasteiger partial charge >= 0.3 is 0 Å². The number of aliphatic imine (C=N–C) groups is 1. The average Bonchev–Trinajstić information content (AvgIpc) is 2.54. The highest BCUT2D eigenvalue weighted by Gasteiger charge is 2.28. The number of hydrogen-bond donors (Lipinski definition) is 0. The van der Waals surface area contributed by atoms with Crippen molar-refractivity contribution >= 4 is 23.5 Å². The quantitative estimate of drug-likeness (QED) is 0.739. The Morgan fingerprint density at radius 1 is 1.44 bits per heavy atom. The molecule has 0 radical (unpaired) electrons. The van der Waals surface area contributed by atoms with Crippen molar-refractivity contribution in [3.05, 3.63) is 23.3 Å². The van der Waals surface area contributed by atoms with E-state index >= 15 is 0 Å². The predicted molar refractivity (Wildman–Crippen MR) is 63.8 cm³/mol. The third-order valence-corrected chi connectivity index (χ3v) is 3.04. The molecule has 1 aromatic rings. The Labute approximate surface area is 99.0 Å². The van der Waals surface area contributed by atoms with Crippen LogP contribution in [0.15, 0.2) is 17.1 Å². The zero-order valence-corrected chi connectivity index (χ0v) is 10.0. The van der Waals surface area contributed by atoms with Gasteiger partial charge in [-0.25, -0.2) is 0 Å². The van der Waals surface area contributed by atoms with Crippen molar-refractivity contribution in [3.63, 3.8) is 0 Å². The highest BCUT2D eigenvalue weighted by atomic mass is 35.5. The van der Waals surface area contributed by atoms with Crippen LogP contribution in [0.4, 0.5) is 10.2 Å². The molecule has 1 aliphatic rings. The average molecular weight is 242 g/mol. The van der Waals surface area contributed by atoms with Gasteiger partial charge in [0.25, 0.3) is 0 Å². The van der Waals surface area contributed by atoms with Crippen molar-refractivity contribution in [1.82, 2.24) is 0 Å². The van der Waals surface area contributed by atoms with E-state index in [0.717, 1.165) is 16.8 Å². The van der Waals surface area contributed by atoms with Crippen LogP contribution in [0.2, 0.25) is 0 Å². The number of nitrogens with zero attached hydrogens (tertiary/aromatic N) is 1. The summed E-state index contributed by atoms with van der Waals surface area (Å²) >= 11 is 5.68. The van der Waals surface area contributed by atoms with Gasteiger partial charge in [0.15, 0.2) is 5.75 Å². The molecule has 1 heterocycles. The van der Waals surface area contributed by atoms with Crippen LogP contribution in [0.1, 0.15) is 25.0 Å². The van der Waals surface area contributed by atoms with Crippen LogP contribution in [-0.4, -0.2) is 12.1 Å². The van der Waals surface area contributed by atoms with E-state index in [4.69, 9.17) is 11.6 Å². The third kappa shape index (κ3) is 1.80. The first-order chi connectivity index (χ1) is 7.58. The van der Waals surface area contributed by atoms with Crippen LogP contribution < -0.4 is 4.94 Å². The third-order valence-electron chi connectivity index (χ3n) is 2.85. The first-order valence-electron chi connectivity index (χ1n) is 5.15. The monoisotopic (exact) mass is 241 g/mol. The molecule has 0 spiro atoms. The molecule has 0 saturated heterocycles. The van der Waals surface area contributed by atoms with Gasteiger partial charge in [0, 0.05) is 33.7 Å². The second kappa shape index (κ2) is 4.06. The molecule has 0 unspecified atom stereocenters. The molecule has 0 amide bonds. The molecule has 0 aliphatic carbocycles. The van der Waals surface area contributed by atoms with Crippen molar-refractivity contribution in [2.45, 2.75) is 25.7 Å². The van der Waals surface area contributed by atoms with Gasteiger partial charge in [-0.1, -0.05) is 13.8 Å². The molecule has 1 aromatic carbocycles. The Morgan fingerprint density at radius 3 is 2.81 bits per heavy atom. The number of hydrogen-bond acceptors (Lipinski definition) is 2. The summed E-state index contributed by atoms with van der Waals surface area (Å²) in [7, 11) is 0. The molecule has 0 atom stereocenters. The van der Waals surface area contributed by atoms with Gasteiger partial charge in [0.05, 0.1) is 5.69 Å². The summed E-state index contributed by atoms with van der Waals surface area (Å²) in [5.74, 6) is 0.658. The predicted octanol–water partition coefficient (Wildman–Crippen LogP) is 3.72. The number of benzene rings is 1. The standard InChI is InChI=1S/C12H13ClFNO/c1-12(2)7-15-10-6-11(16-14)8(3-4-13)5-9(10)12/h5-7H,3-4H2,1-2H3. The molecule has 86 valence electrons. The molecule has 0 aromatic heterocycles. The Bertz CT molecular complexity index is 443. The van der Waals surface area contributed by atoms with Gasteiger partial charge in [-0.2, -0.15) is 0 Å². The molecule has 2 rings (SSSR count). The van der Waals surface area contributed by atoms with Crippen LogP contribution in [0.5, 0.6) is 5.75 Å². The Balaban J connectivity index is 2.51. The largest absolute Gasteiger partial charge is 0.294 e. The number of halogens is 2. The second-order valence-electron chi connectivity index (χ2n) is 4.47. The maximum absolute atomic E-state index is 12.4. The van der Waals surface area contributed by atoms with Crippen LogP contribution >= 0.6 is 11.6 Å². The lowest BCUT2D eigenvalue weighted by Gasteiger charge is -2.17. The summed E-state index contributed by atoms with van der Waals surface area (Å²) in [5.41, 5.74) is 2.55. The van der Waals surface area contributed by atoms with Crippen molar-refractivity contribution < 1.29 is 9.47 Å². The molecule has 2 nitrogen and oxygen atoms in total. The molecule has 0 saturated carbocycles. The maximum atomic E-state index is 12.4. The molecule has 0 bridgehead atoms. The fourth-order valence-electron chi connectivity index (χ4n) is 1.91. The molecular formula is C12H13ClFNO. The summed E-state index contributed by atoms with van der Waals surface area (Å²) in [6, 6.07) is 3.56. The van der Waals surface area contributed by atoms with Gasteiger partial charge in [-0.15, -0.1) is 11.6 Å². The minimum atomic E-state index is -0.106. The van der Waals surface area contributed by atoms with Crippen LogP contribution in [0, 0.1) is 0 Å². The van der Waals surface area contributed by atoms with E-state index in [2.05, 4.69) is 23.8 Å². The molecule has 0 N–H and O–H groups in total. The minimum Gasteiger partial charge on any atom is -0.294 e. The molecular weight excluding hydrogens is 229 g/mol. The minimum absolute atomic E-state index is 0.106. The normalized spacial score (nSPS) is 16.2. The van der Waals surface area contributed by atoms with Gasteiger partial charge in [-0.05, 0) is 18.1 Å². The fourth-order valence-corrected chi connectivity index (χ4v) is 2.11. The van der Waals surface area contributed by atoms with Crippen molar-refractivity contribution in [3.8, 4) is 5.75 Å². The van der Waals surface area contributed by atoms with Crippen molar-refractivity contribution in [1.29, 1.82) is 0 Å². The molecule has 0 fully saturated rings. The van der Waals surface area contributed by atoms with Gasteiger partial charge in [0.2, 0.25) is 0 Å². The van der Waals surface area contributed by atoms with Gasteiger partial charge < -0.3 is 0 Å². The number of alkyl halides is 1.